The minimum Gasteiger partial charge on any atom is -0.324 e. The predicted molar refractivity (Wildman–Crippen MR) is 49.4 cm³/mol. The number of nitrogens with zero attached hydrogens (tertiary/aromatic N) is 1. The molecular formula is C10H22N+. The van der Waals surface area contributed by atoms with E-state index in [1.165, 1.54) is 17.3 Å². The fourth-order valence-corrected chi connectivity index (χ4v) is 2.36. The summed E-state index contributed by atoms with van der Waals surface area (Å²) in [5.41, 5.74) is 0. The minimum absolute atomic E-state index is 0.856. The molecule has 0 amide bonds. The van der Waals surface area contributed by atoms with E-state index in [1.54, 1.807) is 0 Å². The molecule has 1 saturated heterocycles. The molecule has 0 bridgehead atoms. The molecule has 1 nitrogen and oxygen atoms in total. The summed E-state index contributed by atoms with van der Waals surface area (Å²) in [6, 6.07) is 1.71. The van der Waals surface area contributed by atoms with Crippen LogP contribution in [0.25, 0.3) is 0 Å². The molecule has 1 heterocycles. The van der Waals surface area contributed by atoms with Gasteiger partial charge in [0.1, 0.15) is 0 Å². The summed E-state index contributed by atoms with van der Waals surface area (Å²) in [5, 5.41) is 0. The van der Waals surface area contributed by atoms with Crippen molar-refractivity contribution in [3.63, 3.8) is 0 Å². The van der Waals surface area contributed by atoms with Crippen molar-refractivity contribution in [3.8, 4) is 0 Å². The fourth-order valence-electron chi connectivity index (χ4n) is 2.36. The summed E-state index contributed by atoms with van der Waals surface area (Å²) in [4.78, 5) is 0. The van der Waals surface area contributed by atoms with Crippen LogP contribution in [0.5, 0.6) is 0 Å². The maximum absolute atomic E-state index is 2.40. The van der Waals surface area contributed by atoms with Crippen LogP contribution >= 0.6 is 0 Å². The lowest BCUT2D eigenvalue weighted by Gasteiger charge is -2.35. The van der Waals surface area contributed by atoms with E-state index in [-0.39, 0.29) is 0 Å². The number of hydrogen-bond donors (Lipinski definition) is 0. The third-order valence-electron chi connectivity index (χ3n) is 4.04. The van der Waals surface area contributed by atoms with Gasteiger partial charge in [0.15, 0.2) is 0 Å². The fraction of sp³-hybridized carbons (Fsp3) is 1.00. The molecule has 3 atom stereocenters. The van der Waals surface area contributed by atoms with Crippen LogP contribution in [-0.4, -0.2) is 30.7 Å². The number of hydrogen-bond acceptors (Lipinski definition) is 0. The summed E-state index contributed by atoms with van der Waals surface area (Å²) < 4.78 is 1.22. The maximum Gasteiger partial charge on any atom is 0.0890 e. The second kappa shape index (κ2) is 2.78. The molecule has 1 heteroatoms. The van der Waals surface area contributed by atoms with Crippen molar-refractivity contribution in [3.05, 3.63) is 0 Å². The monoisotopic (exact) mass is 156 g/mol. The molecule has 0 saturated carbocycles. The van der Waals surface area contributed by atoms with Crippen LogP contribution in [0.2, 0.25) is 0 Å². The first-order chi connectivity index (χ1) is 5.00. The van der Waals surface area contributed by atoms with Crippen molar-refractivity contribution in [1.82, 2.24) is 0 Å². The van der Waals surface area contributed by atoms with Gasteiger partial charge < -0.3 is 4.48 Å². The Kier molecular flexibility index (Phi) is 2.29. The molecule has 1 aliphatic rings. The average molecular weight is 156 g/mol. The highest BCUT2D eigenvalue weighted by Crippen LogP contribution is 2.35. The van der Waals surface area contributed by atoms with Crippen LogP contribution in [0, 0.1) is 5.92 Å². The Morgan fingerprint density at radius 1 is 1.27 bits per heavy atom. The topological polar surface area (TPSA) is 0 Å². The van der Waals surface area contributed by atoms with Crippen LogP contribution in [0.1, 0.15) is 33.6 Å². The zero-order valence-electron chi connectivity index (χ0n) is 8.59. The zero-order chi connectivity index (χ0) is 8.65. The third kappa shape index (κ3) is 1.31. The molecule has 1 fully saturated rings. The number of quaternary nitrogens is 1. The van der Waals surface area contributed by atoms with Gasteiger partial charge in [-0.15, -0.1) is 0 Å². The van der Waals surface area contributed by atoms with Crippen LogP contribution in [0.15, 0.2) is 0 Å². The Balaban J connectivity index is 2.71. The van der Waals surface area contributed by atoms with E-state index in [4.69, 9.17) is 0 Å². The van der Waals surface area contributed by atoms with Crippen LogP contribution < -0.4 is 0 Å². The molecule has 0 radical (unpaired) electrons. The smallest absolute Gasteiger partial charge is 0.0890 e. The lowest BCUT2D eigenvalue weighted by molar-refractivity contribution is -0.923. The van der Waals surface area contributed by atoms with Crippen LogP contribution in [-0.2, 0) is 0 Å². The Hall–Kier alpha value is -0.0400. The average Bonchev–Trinajstić information content (AvgIpc) is 2.14. The molecule has 0 aromatic carbocycles. The highest BCUT2D eigenvalue weighted by molar-refractivity contribution is 4.76. The van der Waals surface area contributed by atoms with E-state index in [2.05, 4.69) is 34.9 Å². The van der Waals surface area contributed by atoms with Crippen molar-refractivity contribution in [1.29, 1.82) is 0 Å². The Morgan fingerprint density at radius 2 is 1.82 bits per heavy atom. The molecule has 66 valence electrons. The van der Waals surface area contributed by atoms with Gasteiger partial charge in [0, 0.05) is 12.3 Å². The largest absolute Gasteiger partial charge is 0.324 e. The van der Waals surface area contributed by atoms with E-state index < -0.39 is 0 Å². The van der Waals surface area contributed by atoms with Crippen molar-refractivity contribution < 1.29 is 4.48 Å². The van der Waals surface area contributed by atoms with Gasteiger partial charge in [0.2, 0.25) is 0 Å². The molecule has 0 aromatic heterocycles. The first-order valence-electron chi connectivity index (χ1n) is 4.83. The van der Waals surface area contributed by atoms with Crippen molar-refractivity contribution >= 4 is 0 Å². The Bertz CT molecular complexity index is 140. The molecule has 3 unspecified atom stereocenters. The minimum atomic E-state index is 0.856. The Morgan fingerprint density at radius 3 is 2.00 bits per heavy atom. The predicted octanol–water partition coefficient (Wildman–Crippen LogP) is 2.27. The molecule has 0 aliphatic carbocycles. The first-order valence-corrected chi connectivity index (χ1v) is 4.83. The van der Waals surface area contributed by atoms with Gasteiger partial charge in [-0.2, -0.15) is 0 Å². The quantitative estimate of drug-likeness (QED) is 0.511. The number of likely N-dealkylation sites (tertiary alicyclic amines) is 1. The third-order valence-corrected chi connectivity index (χ3v) is 4.04. The van der Waals surface area contributed by atoms with E-state index in [0.717, 1.165) is 18.0 Å². The summed E-state index contributed by atoms with van der Waals surface area (Å²) in [5.74, 6) is 0.958. The van der Waals surface area contributed by atoms with Gasteiger partial charge in [-0.25, -0.2) is 0 Å². The molecule has 0 N–H and O–H groups in total. The highest BCUT2D eigenvalue weighted by atomic mass is 15.4. The summed E-state index contributed by atoms with van der Waals surface area (Å²) in [6.45, 7) is 7.10. The maximum atomic E-state index is 2.40. The number of rotatable bonds is 1. The van der Waals surface area contributed by atoms with Crippen molar-refractivity contribution in [2.75, 3.05) is 14.1 Å². The van der Waals surface area contributed by atoms with Crippen molar-refractivity contribution in [2.24, 2.45) is 5.92 Å². The van der Waals surface area contributed by atoms with Crippen LogP contribution in [0.4, 0.5) is 0 Å². The second-order valence-corrected chi connectivity index (χ2v) is 4.62. The standard InChI is InChI=1S/C10H22N/c1-6-10-7-8(2)11(4,5)9(10)3/h8-10H,6-7H2,1-5H3/q+1. The van der Waals surface area contributed by atoms with Gasteiger partial charge in [-0.1, -0.05) is 6.92 Å². The lowest BCUT2D eigenvalue weighted by Crippen LogP contribution is -2.48. The van der Waals surface area contributed by atoms with Crippen molar-refractivity contribution in [2.45, 2.75) is 45.7 Å². The summed E-state index contributed by atoms with van der Waals surface area (Å²) in [7, 11) is 4.73. The summed E-state index contributed by atoms with van der Waals surface area (Å²) in [6.07, 6.45) is 2.78. The van der Waals surface area contributed by atoms with Crippen LogP contribution in [0.3, 0.4) is 0 Å². The molecule has 1 rings (SSSR count). The molecule has 0 spiro atoms. The zero-order valence-corrected chi connectivity index (χ0v) is 8.59. The van der Waals surface area contributed by atoms with Gasteiger partial charge in [0.25, 0.3) is 0 Å². The van der Waals surface area contributed by atoms with Gasteiger partial charge in [-0.05, 0) is 20.3 Å². The van der Waals surface area contributed by atoms with Gasteiger partial charge >= 0.3 is 0 Å². The molecule has 1 aliphatic heterocycles. The molecule has 0 aromatic rings. The van der Waals surface area contributed by atoms with Gasteiger partial charge in [-0.3, -0.25) is 0 Å². The van der Waals surface area contributed by atoms with E-state index >= 15 is 0 Å². The highest BCUT2D eigenvalue weighted by Gasteiger charge is 2.43. The van der Waals surface area contributed by atoms with E-state index in [0.29, 0.717) is 0 Å². The van der Waals surface area contributed by atoms with E-state index in [1.807, 2.05) is 0 Å². The SMILES string of the molecule is CCC1CC(C)[N+](C)(C)C1C. The first kappa shape index (κ1) is 9.05. The normalized spacial score (nSPS) is 42.8. The summed E-state index contributed by atoms with van der Waals surface area (Å²) >= 11 is 0. The Labute approximate surface area is 71.0 Å². The lowest BCUT2D eigenvalue weighted by atomic mass is 9.98. The molecular weight excluding hydrogens is 134 g/mol. The van der Waals surface area contributed by atoms with E-state index in [9.17, 15) is 0 Å². The second-order valence-electron chi connectivity index (χ2n) is 4.62. The molecule has 11 heavy (non-hydrogen) atoms. The van der Waals surface area contributed by atoms with Gasteiger partial charge in [0.05, 0.1) is 26.2 Å².